The molecule has 1 aromatic carbocycles. The number of guanidine groups is 1. The number of benzene rings is 1. The van der Waals surface area contributed by atoms with Crippen LogP contribution in [-0.2, 0) is 0 Å². The second kappa shape index (κ2) is 8.27. The summed E-state index contributed by atoms with van der Waals surface area (Å²) in [5.74, 6) is 1.93. The molecule has 0 saturated heterocycles. The molecule has 0 atom stereocenters. The van der Waals surface area contributed by atoms with Gasteiger partial charge in [-0.25, -0.2) is 0 Å². The second-order valence-electron chi connectivity index (χ2n) is 7.67. The molecule has 0 fully saturated rings. The number of nitrogens with zero attached hydrogens (tertiary/aromatic N) is 1. The normalized spacial score (nSPS) is 15.3. The summed E-state index contributed by atoms with van der Waals surface area (Å²) in [4.78, 5) is 4.50. The van der Waals surface area contributed by atoms with E-state index in [1.807, 2.05) is 18.2 Å². The van der Waals surface area contributed by atoms with Crippen LogP contribution in [0.2, 0.25) is 0 Å². The number of halogens is 1. The summed E-state index contributed by atoms with van der Waals surface area (Å²) in [6.07, 6.45) is 0.892. The minimum atomic E-state index is 0. The molecule has 3 N–H and O–H groups in total. The lowest BCUT2D eigenvalue weighted by atomic mass is 9.69. The molecular weight excluding hydrogens is 417 g/mol. The molecule has 0 amide bonds. The first-order chi connectivity index (χ1) is 10.7. The topological polar surface area (TPSA) is 68.9 Å². The van der Waals surface area contributed by atoms with Gasteiger partial charge in [-0.15, -0.1) is 24.0 Å². The van der Waals surface area contributed by atoms with Crippen molar-refractivity contribution in [1.29, 1.82) is 0 Å². The molecule has 1 aliphatic heterocycles. The third kappa shape index (κ3) is 5.43. The highest BCUT2D eigenvalue weighted by Gasteiger charge is 2.32. The lowest BCUT2D eigenvalue weighted by molar-refractivity contribution is 0.143. The van der Waals surface area contributed by atoms with Crippen LogP contribution in [0, 0.1) is 10.8 Å². The van der Waals surface area contributed by atoms with Crippen molar-refractivity contribution in [2.24, 2.45) is 21.6 Å². The number of nitrogens with two attached hydrogens (primary N) is 1. The number of hydrogen-bond donors (Lipinski definition) is 2. The number of aliphatic imine (C=N–C) groups is 1. The predicted octanol–water partition coefficient (Wildman–Crippen LogP) is 4.26. The van der Waals surface area contributed by atoms with Crippen LogP contribution >= 0.6 is 24.0 Å². The SMILES string of the molecule is CC(C)(C)C(C)(C)CN=C(N)Nc1ccc2c(c1)OCCCO2.I. The first-order valence-corrected chi connectivity index (χ1v) is 8.16. The van der Waals surface area contributed by atoms with Crippen molar-refractivity contribution in [3.63, 3.8) is 0 Å². The van der Waals surface area contributed by atoms with E-state index in [1.54, 1.807) is 0 Å². The standard InChI is InChI=1S/C18H29N3O2.HI/c1-17(2,3)18(4,5)12-20-16(19)21-13-7-8-14-15(11-13)23-10-6-9-22-14;/h7-8,11H,6,9-10,12H2,1-5H3,(H3,19,20,21);1H. The van der Waals surface area contributed by atoms with Gasteiger partial charge in [-0.05, 0) is 23.0 Å². The summed E-state index contributed by atoms with van der Waals surface area (Å²) >= 11 is 0. The van der Waals surface area contributed by atoms with E-state index < -0.39 is 0 Å². The Morgan fingerprint density at radius 3 is 2.38 bits per heavy atom. The fourth-order valence-corrected chi connectivity index (χ4v) is 1.95. The maximum Gasteiger partial charge on any atom is 0.193 e. The quantitative estimate of drug-likeness (QED) is 0.413. The Labute approximate surface area is 162 Å². The number of anilines is 1. The van der Waals surface area contributed by atoms with Gasteiger partial charge in [0.25, 0.3) is 0 Å². The van der Waals surface area contributed by atoms with Crippen molar-refractivity contribution in [2.75, 3.05) is 25.1 Å². The molecular formula is C18H30IN3O2. The number of ether oxygens (including phenoxy) is 2. The zero-order valence-corrected chi connectivity index (χ0v) is 17.6. The number of rotatable bonds is 3. The lowest BCUT2D eigenvalue weighted by Crippen LogP contribution is -2.34. The third-order valence-corrected chi connectivity index (χ3v) is 4.69. The lowest BCUT2D eigenvalue weighted by Gasteiger charge is -2.37. The minimum Gasteiger partial charge on any atom is -0.490 e. The van der Waals surface area contributed by atoms with Crippen LogP contribution in [-0.4, -0.2) is 25.7 Å². The first-order valence-electron chi connectivity index (χ1n) is 8.16. The third-order valence-electron chi connectivity index (χ3n) is 4.69. The van der Waals surface area contributed by atoms with Gasteiger partial charge in [-0.1, -0.05) is 34.6 Å². The van der Waals surface area contributed by atoms with Crippen molar-refractivity contribution >= 4 is 35.6 Å². The summed E-state index contributed by atoms with van der Waals surface area (Å²) in [7, 11) is 0. The molecule has 2 rings (SSSR count). The summed E-state index contributed by atoms with van der Waals surface area (Å²) in [6.45, 7) is 13.1. The maximum absolute atomic E-state index is 6.03. The molecule has 0 radical (unpaired) electrons. The van der Waals surface area contributed by atoms with E-state index in [-0.39, 0.29) is 34.8 Å². The van der Waals surface area contributed by atoms with Crippen LogP contribution in [0.4, 0.5) is 5.69 Å². The Bertz CT molecular complexity index is 580. The van der Waals surface area contributed by atoms with Crippen molar-refractivity contribution in [2.45, 2.75) is 41.0 Å². The van der Waals surface area contributed by atoms with E-state index in [1.165, 1.54) is 0 Å². The number of hydrogen-bond acceptors (Lipinski definition) is 3. The molecule has 0 unspecified atom stereocenters. The van der Waals surface area contributed by atoms with Crippen LogP contribution in [0.5, 0.6) is 11.5 Å². The van der Waals surface area contributed by atoms with Gasteiger partial charge in [0.1, 0.15) is 0 Å². The van der Waals surface area contributed by atoms with Crippen LogP contribution in [0.3, 0.4) is 0 Å². The van der Waals surface area contributed by atoms with Crippen LogP contribution in [0.25, 0.3) is 0 Å². The first kappa shape index (κ1) is 20.9. The molecule has 1 heterocycles. The monoisotopic (exact) mass is 447 g/mol. The van der Waals surface area contributed by atoms with Gasteiger partial charge in [-0.3, -0.25) is 4.99 Å². The maximum atomic E-state index is 6.03. The van der Waals surface area contributed by atoms with Gasteiger partial charge in [0.15, 0.2) is 17.5 Å². The fourth-order valence-electron chi connectivity index (χ4n) is 1.95. The predicted molar refractivity (Wildman–Crippen MR) is 111 cm³/mol. The molecule has 1 aromatic rings. The van der Waals surface area contributed by atoms with Gasteiger partial charge in [-0.2, -0.15) is 0 Å². The Hall–Kier alpha value is -1.18. The van der Waals surface area contributed by atoms with E-state index in [0.717, 1.165) is 23.6 Å². The number of fused-ring (bicyclic) bond motifs is 1. The van der Waals surface area contributed by atoms with Crippen LogP contribution in [0.1, 0.15) is 41.0 Å². The second-order valence-corrected chi connectivity index (χ2v) is 7.67. The highest BCUT2D eigenvalue weighted by atomic mass is 127. The summed E-state index contributed by atoms with van der Waals surface area (Å²) in [5.41, 5.74) is 7.10. The van der Waals surface area contributed by atoms with Gasteiger partial charge in [0.05, 0.1) is 13.2 Å². The molecule has 1 aliphatic rings. The molecule has 6 heteroatoms. The zero-order valence-electron chi connectivity index (χ0n) is 15.3. The minimum absolute atomic E-state index is 0. The average Bonchev–Trinajstić information content (AvgIpc) is 2.69. The molecule has 0 aliphatic carbocycles. The van der Waals surface area contributed by atoms with Crippen molar-refractivity contribution in [1.82, 2.24) is 0 Å². The van der Waals surface area contributed by atoms with E-state index in [2.05, 4.69) is 44.9 Å². The van der Waals surface area contributed by atoms with E-state index >= 15 is 0 Å². The molecule has 0 aromatic heterocycles. The highest BCUT2D eigenvalue weighted by molar-refractivity contribution is 14.0. The molecule has 24 heavy (non-hydrogen) atoms. The van der Waals surface area contributed by atoms with Gasteiger partial charge < -0.3 is 20.5 Å². The summed E-state index contributed by atoms with van der Waals surface area (Å²) < 4.78 is 11.3. The Kier molecular flexibility index (Phi) is 7.19. The van der Waals surface area contributed by atoms with Crippen molar-refractivity contribution in [3.05, 3.63) is 18.2 Å². The van der Waals surface area contributed by atoms with Crippen LogP contribution < -0.4 is 20.5 Å². The fraction of sp³-hybridized carbons (Fsp3) is 0.611. The van der Waals surface area contributed by atoms with Gasteiger partial charge in [0, 0.05) is 24.7 Å². The summed E-state index contributed by atoms with van der Waals surface area (Å²) in [6, 6.07) is 5.72. The van der Waals surface area contributed by atoms with Crippen molar-refractivity contribution in [3.8, 4) is 11.5 Å². The van der Waals surface area contributed by atoms with E-state index in [9.17, 15) is 0 Å². The zero-order chi connectivity index (χ0) is 17.1. The molecule has 5 nitrogen and oxygen atoms in total. The molecule has 136 valence electrons. The Morgan fingerprint density at radius 2 is 1.75 bits per heavy atom. The van der Waals surface area contributed by atoms with Crippen molar-refractivity contribution < 1.29 is 9.47 Å². The average molecular weight is 447 g/mol. The van der Waals surface area contributed by atoms with E-state index in [4.69, 9.17) is 15.2 Å². The van der Waals surface area contributed by atoms with Crippen LogP contribution in [0.15, 0.2) is 23.2 Å². The molecule has 0 saturated carbocycles. The number of nitrogens with one attached hydrogen (secondary N) is 1. The molecule has 0 bridgehead atoms. The Balaban J connectivity index is 0.00000288. The Morgan fingerprint density at radius 1 is 1.12 bits per heavy atom. The summed E-state index contributed by atoms with van der Waals surface area (Å²) in [5, 5.41) is 3.13. The largest absolute Gasteiger partial charge is 0.490 e. The highest BCUT2D eigenvalue weighted by Crippen LogP contribution is 2.38. The smallest absolute Gasteiger partial charge is 0.193 e. The van der Waals surface area contributed by atoms with Gasteiger partial charge >= 0.3 is 0 Å². The molecule has 0 spiro atoms. The van der Waals surface area contributed by atoms with E-state index in [0.29, 0.717) is 25.7 Å². The van der Waals surface area contributed by atoms with Gasteiger partial charge in [0.2, 0.25) is 0 Å².